The van der Waals surface area contributed by atoms with Gasteiger partial charge in [0.2, 0.25) is 17.3 Å². The molecule has 0 spiro atoms. The minimum absolute atomic E-state index is 0.0371. The van der Waals surface area contributed by atoms with Crippen LogP contribution in [0.4, 0.5) is 17.5 Å². The van der Waals surface area contributed by atoms with Gasteiger partial charge in [-0.25, -0.2) is 4.98 Å². The number of nitrogens with one attached hydrogen (secondary N) is 1. The summed E-state index contributed by atoms with van der Waals surface area (Å²) in [5.74, 6) is -0.489. The predicted molar refractivity (Wildman–Crippen MR) is 121 cm³/mol. The zero-order valence-electron chi connectivity index (χ0n) is 18.6. The average Bonchev–Trinajstić information content (AvgIpc) is 2.78. The molecule has 176 valence electrons. The number of rotatable bonds is 7. The van der Waals surface area contributed by atoms with Gasteiger partial charge in [-0.2, -0.15) is 4.98 Å². The standard InChI is InChI=1S/C21H26N6O6/c1-4-13(6-8-17(29)32-3)18-19(27(30)31)20(22)25-21(24-18)26-10-12(2)33-15(11-26)14-5-7-16(28)23-9-14/h4-5,7,9,12,15H,6,8,10-11H2,1-3H3,(H,23,28)(H2,22,24,25)/b13-4+. The number of carbonyl (C=O) groups is 1. The van der Waals surface area contributed by atoms with E-state index in [9.17, 15) is 19.7 Å². The Morgan fingerprint density at radius 3 is 2.76 bits per heavy atom. The van der Waals surface area contributed by atoms with E-state index >= 15 is 0 Å². The van der Waals surface area contributed by atoms with Crippen molar-refractivity contribution in [1.29, 1.82) is 0 Å². The molecule has 33 heavy (non-hydrogen) atoms. The fourth-order valence-electron chi connectivity index (χ4n) is 3.67. The van der Waals surface area contributed by atoms with E-state index < -0.39 is 16.6 Å². The number of ether oxygens (including phenoxy) is 2. The second kappa shape index (κ2) is 10.2. The van der Waals surface area contributed by atoms with E-state index in [1.165, 1.54) is 13.2 Å². The van der Waals surface area contributed by atoms with Crippen LogP contribution in [0.1, 0.15) is 44.1 Å². The van der Waals surface area contributed by atoms with Gasteiger partial charge < -0.3 is 25.1 Å². The number of nitro groups is 1. The molecule has 1 aliphatic heterocycles. The Bertz CT molecular complexity index is 1110. The number of hydrogen-bond donors (Lipinski definition) is 2. The maximum atomic E-state index is 11.7. The van der Waals surface area contributed by atoms with Crippen LogP contribution in [-0.2, 0) is 14.3 Å². The van der Waals surface area contributed by atoms with E-state index in [0.717, 1.165) is 5.56 Å². The normalized spacial score (nSPS) is 18.8. The lowest BCUT2D eigenvalue weighted by atomic mass is 10.0. The maximum absolute atomic E-state index is 11.7. The summed E-state index contributed by atoms with van der Waals surface area (Å²) >= 11 is 0. The number of anilines is 2. The summed E-state index contributed by atoms with van der Waals surface area (Å²) < 4.78 is 10.7. The summed E-state index contributed by atoms with van der Waals surface area (Å²) in [5.41, 5.74) is 6.69. The van der Waals surface area contributed by atoms with E-state index in [4.69, 9.17) is 10.5 Å². The molecule has 2 aromatic rings. The van der Waals surface area contributed by atoms with Crippen molar-refractivity contribution in [3.8, 4) is 0 Å². The zero-order valence-corrected chi connectivity index (χ0v) is 18.6. The van der Waals surface area contributed by atoms with Crippen LogP contribution >= 0.6 is 0 Å². The summed E-state index contributed by atoms with van der Waals surface area (Å²) in [6, 6.07) is 3.10. The molecule has 0 radical (unpaired) electrons. The first-order valence-electron chi connectivity index (χ1n) is 10.4. The minimum atomic E-state index is -0.624. The number of aromatic amines is 1. The van der Waals surface area contributed by atoms with Crippen LogP contribution in [0, 0.1) is 10.1 Å². The van der Waals surface area contributed by atoms with Gasteiger partial charge in [-0.15, -0.1) is 0 Å². The fourth-order valence-corrected chi connectivity index (χ4v) is 3.67. The van der Waals surface area contributed by atoms with Crippen molar-refractivity contribution in [3.05, 3.63) is 56.1 Å². The Hall–Kier alpha value is -3.80. The molecule has 2 aromatic heterocycles. The summed E-state index contributed by atoms with van der Waals surface area (Å²) in [7, 11) is 1.28. The van der Waals surface area contributed by atoms with Gasteiger partial charge >= 0.3 is 11.7 Å². The minimum Gasteiger partial charge on any atom is -0.469 e. The third-order valence-electron chi connectivity index (χ3n) is 5.28. The van der Waals surface area contributed by atoms with Gasteiger partial charge in [0, 0.05) is 25.2 Å². The number of hydrogen-bond acceptors (Lipinski definition) is 10. The molecule has 2 atom stereocenters. The number of methoxy groups -OCH3 is 1. The summed E-state index contributed by atoms with van der Waals surface area (Å²) in [6.45, 7) is 4.37. The third-order valence-corrected chi connectivity index (χ3v) is 5.28. The molecule has 0 aromatic carbocycles. The van der Waals surface area contributed by atoms with Gasteiger partial charge in [0.05, 0.1) is 24.7 Å². The molecular weight excluding hydrogens is 432 g/mol. The van der Waals surface area contributed by atoms with Gasteiger partial charge in [-0.3, -0.25) is 19.7 Å². The Morgan fingerprint density at radius 2 is 2.15 bits per heavy atom. The average molecular weight is 458 g/mol. The number of pyridine rings is 1. The van der Waals surface area contributed by atoms with Crippen LogP contribution in [0.15, 0.2) is 29.2 Å². The van der Waals surface area contributed by atoms with Crippen molar-refractivity contribution in [2.75, 3.05) is 30.8 Å². The molecule has 1 fully saturated rings. The van der Waals surface area contributed by atoms with Crippen molar-refractivity contribution in [2.45, 2.75) is 38.9 Å². The Kier molecular flexibility index (Phi) is 7.38. The predicted octanol–water partition coefficient (Wildman–Crippen LogP) is 1.98. The number of aromatic nitrogens is 3. The van der Waals surface area contributed by atoms with Gasteiger partial charge in [0.25, 0.3) is 0 Å². The zero-order chi connectivity index (χ0) is 24.1. The number of carbonyl (C=O) groups excluding carboxylic acids is 1. The lowest BCUT2D eigenvalue weighted by Crippen LogP contribution is -2.44. The number of morpholine rings is 1. The highest BCUT2D eigenvalue weighted by Crippen LogP contribution is 2.34. The van der Waals surface area contributed by atoms with Crippen LogP contribution in [0.25, 0.3) is 5.57 Å². The van der Waals surface area contributed by atoms with Crippen LogP contribution < -0.4 is 16.2 Å². The van der Waals surface area contributed by atoms with Crippen molar-refractivity contribution in [2.24, 2.45) is 0 Å². The lowest BCUT2D eigenvalue weighted by molar-refractivity contribution is -0.384. The molecule has 0 saturated carbocycles. The van der Waals surface area contributed by atoms with Crippen LogP contribution in [-0.4, -0.2) is 52.1 Å². The smallest absolute Gasteiger partial charge is 0.336 e. The van der Waals surface area contributed by atoms with Crippen LogP contribution in [0.3, 0.4) is 0 Å². The van der Waals surface area contributed by atoms with E-state index in [2.05, 4.69) is 19.7 Å². The molecular formula is C21H26N6O6. The second-order valence-electron chi connectivity index (χ2n) is 7.58. The maximum Gasteiger partial charge on any atom is 0.336 e. The first-order chi connectivity index (χ1) is 15.7. The van der Waals surface area contributed by atoms with Gasteiger partial charge in [0.15, 0.2) is 5.69 Å². The number of nitrogens with two attached hydrogens (primary N) is 1. The molecule has 12 nitrogen and oxygen atoms in total. The lowest BCUT2D eigenvalue weighted by Gasteiger charge is -2.37. The summed E-state index contributed by atoms with van der Waals surface area (Å²) in [4.78, 5) is 47.3. The van der Waals surface area contributed by atoms with Crippen molar-refractivity contribution >= 4 is 29.0 Å². The third kappa shape index (κ3) is 5.52. The fraction of sp³-hybridized carbons (Fsp3) is 0.429. The molecule has 2 unspecified atom stereocenters. The number of nitrogens with zero attached hydrogens (tertiary/aromatic N) is 4. The van der Waals surface area contributed by atoms with Crippen LogP contribution in [0.2, 0.25) is 0 Å². The van der Waals surface area contributed by atoms with Gasteiger partial charge in [0.1, 0.15) is 6.10 Å². The highest BCUT2D eigenvalue weighted by Gasteiger charge is 2.32. The summed E-state index contributed by atoms with van der Waals surface area (Å²) in [5, 5.41) is 11.7. The molecule has 3 heterocycles. The molecule has 1 aliphatic rings. The van der Waals surface area contributed by atoms with E-state index in [0.29, 0.717) is 18.7 Å². The van der Waals surface area contributed by atoms with Crippen molar-refractivity contribution in [1.82, 2.24) is 15.0 Å². The SMILES string of the molecule is C/C=C(\CCC(=O)OC)c1nc(N2CC(C)OC(c3ccc(=O)[nH]c3)C2)nc(N)c1[N+](=O)[O-]. The Morgan fingerprint density at radius 1 is 1.39 bits per heavy atom. The molecule has 0 aliphatic carbocycles. The van der Waals surface area contributed by atoms with Crippen molar-refractivity contribution in [3.63, 3.8) is 0 Å². The topological polar surface area (TPSA) is 167 Å². The highest BCUT2D eigenvalue weighted by atomic mass is 16.6. The van der Waals surface area contributed by atoms with E-state index in [-0.39, 0.29) is 48.1 Å². The van der Waals surface area contributed by atoms with Gasteiger partial charge in [-0.05, 0) is 37.5 Å². The molecule has 12 heteroatoms. The molecule has 3 rings (SSSR count). The number of allylic oxidation sites excluding steroid dienone is 2. The Labute approximate surface area is 189 Å². The summed E-state index contributed by atoms with van der Waals surface area (Å²) in [6.07, 6.45) is 2.89. The number of esters is 1. The first-order valence-corrected chi connectivity index (χ1v) is 10.4. The monoisotopic (exact) mass is 458 g/mol. The molecule has 1 saturated heterocycles. The quantitative estimate of drug-likeness (QED) is 0.356. The molecule has 0 bridgehead atoms. The second-order valence-corrected chi connectivity index (χ2v) is 7.58. The van der Waals surface area contributed by atoms with E-state index in [1.807, 2.05) is 11.8 Å². The van der Waals surface area contributed by atoms with Crippen LogP contribution in [0.5, 0.6) is 0 Å². The number of nitrogen functional groups attached to an aromatic ring is 1. The highest BCUT2D eigenvalue weighted by molar-refractivity contribution is 5.79. The van der Waals surface area contributed by atoms with Gasteiger partial charge in [-0.1, -0.05) is 6.08 Å². The first kappa shape index (κ1) is 23.9. The Balaban J connectivity index is 1.98. The largest absolute Gasteiger partial charge is 0.469 e. The molecule has 0 amide bonds. The van der Waals surface area contributed by atoms with E-state index in [1.54, 1.807) is 25.3 Å². The van der Waals surface area contributed by atoms with Crippen molar-refractivity contribution < 1.29 is 19.2 Å². The molecule has 3 N–H and O–H groups in total. The number of H-pyrrole nitrogens is 1.